The summed E-state index contributed by atoms with van der Waals surface area (Å²) in [5.41, 5.74) is 0.429. The highest BCUT2D eigenvalue weighted by atomic mass is 32.2. The lowest BCUT2D eigenvalue weighted by atomic mass is 10.1. The smallest absolute Gasteiger partial charge is 0.264 e. The normalized spacial score (nSPS) is 12.2. The van der Waals surface area contributed by atoms with Crippen molar-refractivity contribution in [2.45, 2.75) is 50.7 Å². The second-order valence-electron chi connectivity index (χ2n) is 10.3. The first-order valence-electron chi connectivity index (χ1n) is 12.8. The predicted octanol–water partition coefficient (Wildman–Crippen LogP) is 4.23. The Kier molecular flexibility index (Phi) is 9.81. The van der Waals surface area contributed by atoms with Crippen LogP contribution in [0.2, 0.25) is 0 Å². The highest BCUT2D eigenvalue weighted by Gasteiger charge is 2.34. The summed E-state index contributed by atoms with van der Waals surface area (Å²) in [6.45, 7) is 6.70. The molecule has 3 rings (SSSR count). The van der Waals surface area contributed by atoms with E-state index in [1.54, 1.807) is 80.8 Å². The van der Waals surface area contributed by atoms with Crippen LogP contribution in [0.1, 0.15) is 33.3 Å². The van der Waals surface area contributed by atoms with Crippen LogP contribution in [0.4, 0.5) is 5.69 Å². The minimum absolute atomic E-state index is 0.0222. The van der Waals surface area contributed by atoms with Crippen molar-refractivity contribution in [2.75, 3.05) is 25.1 Å². The van der Waals surface area contributed by atoms with Gasteiger partial charge in [0.05, 0.1) is 24.8 Å². The Labute approximate surface area is 236 Å². The molecule has 0 saturated heterocycles. The lowest BCUT2D eigenvalue weighted by molar-refractivity contribution is -0.140. The van der Waals surface area contributed by atoms with Gasteiger partial charge in [0.2, 0.25) is 11.8 Å². The van der Waals surface area contributed by atoms with Crippen LogP contribution < -0.4 is 19.1 Å². The van der Waals surface area contributed by atoms with Crippen LogP contribution in [-0.4, -0.2) is 57.5 Å². The minimum atomic E-state index is -4.18. The SMILES string of the molecule is COc1ccc(CN(C(=O)CN(c2ccccc2OC)S(=O)(=O)c2ccccc2)C(C)C(=O)NC(C)(C)C)cc1. The molecule has 0 heterocycles. The van der Waals surface area contributed by atoms with Gasteiger partial charge in [-0.25, -0.2) is 8.42 Å². The molecule has 1 unspecified atom stereocenters. The Morgan fingerprint density at radius 3 is 2.05 bits per heavy atom. The number of para-hydroxylation sites is 2. The fourth-order valence-electron chi connectivity index (χ4n) is 4.05. The molecular formula is C30H37N3O6S. The molecule has 0 bridgehead atoms. The lowest BCUT2D eigenvalue weighted by Gasteiger charge is -2.33. The fourth-order valence-corrected chi connectivity index (χ4v) is 5.50. The molecule has 0 saturated carbocycles. The average molecular weight is 568 g/mol. The summed E-state index contributed by atoms with van der Waals surface area (Å²) in [6, 6.07) is 20.7. The maximum absolute atomic E-state index is 14.0. The van der Waals surface area contributed by atoms with Gasteiger partial charge in [0.15, 0.2) is 0 Å². The molecule has 3 aromatic carbocycles. The van der Waals surface area contributed by atoms with Crippen molar-refractivity contribution in [3.05, 3.63) is 84.4 Å². The molecule has 3 aromatic rings. The number of hydrogen-bond donors (Lipinski definition) is 1. The molecule has 0 aliphatic carbocycles. The van der Waals surface area contributed by atoms with Crippen LogP contribution in [0.15, 0.2) is 83.8 Å². The number of carbonyl (C=O) groups is 2. The van der Waals surface area contributed by atoms with Gasteiger partial charge >= 0.3 is 0 Å². The van der Waals surface area contributed by atoms with E-state index >= 15 is 0 Å². The molecule has 214 valence electrons. The summed E-state index contributed by atoms with van der Waals surface area (Å²) < 4.78 is 39.5. The Balaban J connectivity index is 2.05. The number of amides is 2. The summed E-state index contributed by atoms with van der Waals surface area (Å²) in [4.78, 5) is 28.6. The first kappa shape index (κ1) is 30.5. The number of nitrogens with one attached hydrogen (secondary N) is 1. The third kappa shape index (κ3) is 7.53. The van der Waals surface area contributed by atoms with Gasteiger partial charge in [-0.1, -0.05) is 42.5 Å². The molecule has 1 atom stereocenters. The van der Waals surface area contributed by atoms with Crippen LogP contribution in [0.25, 0.3) is 0 Å². The van der Waals surface area contributed by atoms with Crippen molar-refractivity contribution in [1.29, 1.82) is 0 Å². The Morgan fingerprint density at radius 1 is 0.875 bits per heavy atom. The highest BCUT2D eigenvalue weighted by Crippen LogP contribution is 2.32. The third-order valence-electron chi connectivity index (χ3n) is 6.14. The quantitative estimate of drug-likeness (QED) is 0.372. The maximum Gasteiger partial charge on any atom is 0.264 e. The van der Waals surface area contributed by atoms with Crippen molar-refractivity contribution in [3.8, 4) is 11.5 Å². The maximum atomic E-state index is 14.0. The molecule has 10 heteroatoms. The summed E-state index contributed by atoms with van der Waals surface area (Å²) in [5.74, 6) is 0.0217. The molecule has 0 spiro atoms. The molecule has 2 amide bonds. The number of anilines is 1. The Bertz CT molecular complexity index is 1400. The molecule has 0 aliphatic heterocycles. The average Bonchev–Trinajstić information content (AvgIpc) is 2.94. The minimum Gasteiger partial charge on any atom is -0.497 e. The molecule has 0 aliphatic rings. The van der Waals surface area contributed by atoms with E-state index in [4.69, 9.17) is 9.47 Å². The Hall–Kier alpha value is -4.05. The van der Waals surface area contributed by atoms with Gasteiger partial charge in [-0.2, -0.15) is 0 Å². The van der Waals surface area contributed by atoms with Crippen LogP contribution >= 0.6 is 0 Å². The van der Waals surface area contributed by atoms with Gasteiger partial charge < -0.3 is 19.7 Å². The van der Waals surface area contributed by atoms with E-state index in [-0.39, 0.29) is 28.8 Å². The lowest BCUT2D eigenvalue weighted by Crippen LogP contribution is -2.54. The first-order chi connectivity index (χ1) is 18.9. The molecule has 40 heavy (non-hydrogen) atoms. The van der Waals surface area contributed by atoms with Crippen LogP contribution in [0.3, 0.4) is 0 Å². The zero-order valence-electron chi connectivity index (χ0n) is 23.7. The van der Waals surface area contributed by atoms with Gasteiger partial charge in [-0.3, -0.25) is 13.9 Å². The van der Waals surface area contributed by atoms with E-state index < -0.39 is 34.1 Å². The number of sulfonamides is 1. The standard InChI is InChI=1S/C30H37N3O6S/c1-22(29(35)31-30(2,3)4)32(20-23-16-18-24(38-5)19-17-23)28(34)21-33(26-14-10-11-15-27(26)39-6)40(36,37)25-12-8-7-9-13-25/h7-19,22H,20-21H2,1-6H3,(H,31,35). The summed E-state index contributed by atoms with van der Waals surface area (Å²) in [7, 11) is -1.19. The second-order valence-corrected chi connectivity index (χ2v) is 12.1. The number of nitrogens with zero attached hydrogens (tertiary/aromatic N) is 2. The summed E-state index contributed by atoms with van der Waals surface area (Å²) in [6.07, 6.45) is 0. The number of methoxy groups -OCH3 is 2. The Morgan fingerprint density at radius 2 is 1.48 bits per heavy atom. The topological polar surface area (TPSA) is 105 Å². The summed E-state index contributed by atoms with van der Waals surface area (Å²) >= 11 is 0. The summed E-state index contributed by atoms with van der Waals surface area (Å²) in [5, 5.41) is 2.91. The van der Waals surface area contributed by atoms with E-state index in [1.165, 1.54) is 24.1 Å². The molecule has 0 radical (unpaired) electrons. The zero-order chi connectivity index (χ0) is 29.5. The van der Waals surface area contributed by atoms with Crippen molar-refractivity contribution < 1.29 is 27.5 Å². The predicted molar refractivity (Wildman–Crippen MR) is 155 cm³/mol. The van der Waals surface area contributed by atoms with Crippen molar-refractivity contribution in [3.63, 3.8) is 0 Å². The van der Waals surface area contributed by atoms with Crippen LogP contribution in [0, 0.1) is 0 Å². The van der Waals surface area contributed by atoms with Gasteiger partial charge in [0.25, 0.3) is 10.0 Å². The van der Waals surface area contributed by atoms with E-state index in [1.807, 2.05) is 20.8 Å². The number of benzene rings is 3. The van der Waals surface area contributed by atoms with Gasteiger partial charge in [0.1, 0.15) is 24.1 Å². The first-order valence-corrected chi connectivity index (χ1v) is 14.3. The number of hydrogen-bond acceptors (Lipinski definition) is 6. The molecule has 1 N–H and O–H groups in total. The van der Waals surface area contributed by atoms with E-state index in [2.05, 4.69) is 5.32 Å². The van der Waals surface area contributed by atoms with Gasteiger partial charge in [-0.15, -0.1) is 0 Å². The van der Waals surface area contributed by atoms with E-state index in [0.717, 1.165) is 9.87 Å². The number of carbonyl (C=O) groups excluding carboxylic acids is 2. The highest BCUT2D eigenvalue weighted by molar-refractivity contribution is 7.92. The third-order valence-corrected chi connectivity index (χ3v) is 7.92. The molecule has 9 nitrogen and oxygen atoms in total. The fraction of sp³-hybridized carbons (Fsp3) is 0.333. The van der Waals surface area contributed by atoms with Crippen LogP contribution in [0.5, 0.6) is 11.5 Å². The molecular weight excluding hydrogens is 530 g/mol. The largest absolute Gasteiger partial charge is 0.497 e. The van der Waals surface area contributed by atoms with E-state index in [0.29, 0.717) is 5.75 Å². The van der Waals surface area contributed by atoms with Gasteiger partial charge in [0, 0.05) is 12.1 Å². The van der Waals surface area contributed by atoms with Crippen molar-refractivity contribution >= 4 is 27.5 Å². The van der Waals surface area contributed by atoms with E-state index in [9.17, 15) is 18.0 Å². The molecule has 0 aromatic heterocycles. The van der Waals surface area contributed by atoms with Gasteiger partial charge in [-0.05, 0) is 69.7 Å². The number of rotatable bonds is 11. The molecule has 0 fully saturated rings. The van der Waals surface area contributed by atoms with Crippen molar-refractivity contribution in [1.82, 2.24) is 10.2 Å². The number of ether oxygens (including phenoxy) is 2. The monoisotopic (exact) mass is 567 g/mol. The zero-order valence-corrected chi connectivity index (χ0v) is 24.6. The second kappa shape index (κ2) is 12.9. The van der Waals surface area contributed by atoms with Crippen molar-refractivity contribution in [2.24, 2.45) is 0 Å². The van der Waals surface area contributed by atoms with Crippen LogP contribution in [-0.2, 0) is 26.2 Å².